The Morgan fingerprint density at radius 3 is 2.21 bits per heavy atom. The lowest BCUT2D eigenvalue weighted by Gasteiger charge is -2.07. The van der Waals surface area contributed by atoms with Gasteiger partial charge in [0, 0.05) is 24.6 Å². The van der Waals surface area contributed by atoms with E-state index in [1.165, 1.54) is 0 Å². The Kier molecular flexibility index (Phi) is 5.20. The lowest BCUT2D eigenvalue weighted by molar-refractivity contribution is 0.990. The second-order valence-electron chi connectivity index (χ2n) is 3.96. The topological polar surface area (TPSA) is 87.1 Å². The third-order valence-electron chi connectivity index (χ3n) is 2.42. The Morgan fingerprint density at radius 2 is 1.68 bits per heavy atom. The first-order valence-electron chi connectivity index (χ1n) is 6.44. The molecular weight excluding hydrogens is 262 g/mol. The van der Waals surface area contributed by atoms with Crippen LogP contribution in [0.4, 0.5) is 17.8 Å². The van der Waals surface area contributed by atoms with E-state index >= 15 is 0 Å². The summed E-state index contributed by atoms with van der Waals surface area (Å²) in [7, 11) is 0. The van der Waals surface area contributed by atoms with Gasteiger partial charge in [-0.2, -0.15) is 31.8 Å². The maximum absolute atomic E-state index is 4.33. The first-order chi connectivity index (χ1) is 9.31. The largest absolute Gasteiger partial charge is 0.354 e. The highest BCUT2D eigenvalue weighted by Gasteiger charge is 2.09. The van der Waals surface area contributed by atoms with E-state index in [-0.39, 0.29) is 0 Å². The van der Waals surface area contributed by atoms with Crippen LogP contribution < -0.4 is 16.1 Å². The molecule has 0 unspecified atom stereocenters. The molecule has 0 radical (unpaired) electrons. The Balaban J connectivity index is 2.10. The summed E-state index contributed by atoms with van der Waals surface area (Å²) in [4.78, 5) is 12.8. The zero-order valence-electron chi connectivity index (χ0n) is 11.2. The van der Waals surface area contributed by atoms with Crippen LogP contribution in [0.3, 0.4) is 0 Å². The van der Waals surface area contributed by atoms with Crippen molar-refractivity contribution in [1.82, 2.24) is 15.0 Å². The van der Waals surface area contributed by atoms with Gasteiger partial charge in [0.05, 0.1) is 0 Å². The second kappa shape index (κ2) is 7.13. The number of hydrogen-bond donors (Lipinski definition) is 3. The van der Waals surface area contributed by atoms with E-state index in [0.717, 1.165) is 36.7 Å². The van der Waals surface area contributed by atoms with Crippen LogP contribution in [0.25, 0.3) is 0 Å². The SMILES string of the molecule is CCNc1nc(NCC)nc(NN=C2CCSC2)n1. The van der Waals surface area contributed by atoms with E-state index in [9.17, 15) is 0 Å². The van der Waals surface area contributed by atoms with Crippen molar-refractivity contribution in [3.63, 3.8) is 0 Å². The average molecular weight is 281 g/mol. The molecule has 0 saturated carbocycles. The van der Waals surface area contributed by atoms with Crippen molar-refractivity contribution in [3.05, 3.63) is 0 Å². The smallest absolute Gasteiger partial charge is 0.250 e. The molecule has 1 fully saturated rings. The average Bonchev–Trinajstić information content (AvgIpc) is 2.90. The van der Waals surface area contributed by atoms with E-state index in [4.69, 9.17) is 0 Å². The van der Waals surface area contributed by atoms with Gasteiger partial charge >= 0.3 is 0 Å². The van der Waals surface area contributed by atoms with Gasteiger partial charge in [-0.25, -0.2) is 5.43 Å². The zero-order valence-corrected chi connectivity index (χ0v) is 12.0. The summed E-state index contributed by atoms with van der Waals surface area (Å²) in [5, 5.41) is 10.5. The van der Waals surface area contributed by atoms with Crippen LogP contribution in [0, 0.1) is 0 Å². The van der Waals surface area contributed by atoms with Gasteiger partial charge in [-0.05, 0) is 26.0 Å². The number of rotatable bonds is 6. The molecular formula is C11H19N7S. The third-order valence-corrected chi connectivity index (χ3v) is 3.45. The van der Waals surface area contributed by atoms with Gasteiger partial charge in [0.15, 0.2) is 0 Å². The van der Waals surface area contributed by atoms with Gasteiger partial charge in [-0.15, -0.1) is 0 Å². The second-order valence-corrected chi connectivity index (χ2v) is 5.06. The van der Waals surface area contributed by atoms with Crippen molar-refractivity contribution in [2.45, 2.75) is 20.3 Å². The van der Waals surface area contributed by atoms with Gasteiger partial charge < -0.3 is 10.6 Å². The predicted octanol–water partition coefficient (Wildman–Crippen LogP) is 1.64. The van der Waals surface area contributed by atoms with E-state index in [2.05, 4.69) is 36.1 Å². The van der Waals surface area contributed by atoms with E-state index in [1.54, 1.807) is 0 Å². The van der Waals surface area contributed by atoms with Crippen molar-refractivity contribution in [3.8, 4) is 0 Å². The fourth-order valence-electron chi connectivity index (χ4n) is 1.57. The minimum atomic E-state index is 0.464. The monoisotopic (exact) mass is 281 g/mol. The summed E-state index contributed by atoms with van der Waals surface area (Å²) in [5.74, 6) is 3.70. The molecule has 104 valence electrons. The summed E-state index contributed by atoms with van der Waals surface area (Å²) in [5.41, 5.74) is 4.07. The summed E-state index contributed by atoms with van der Waals surface area (Å²) in [6, 6.07) is 0. The molecule has 8 heteroatoms. The van der Waals surface area contributed by atoms with Gasteiger partial charge in [0.25, 0.3) is 0 Å². The van der Waals surface area contributed by atoms with Crippen LogP contribution in [0.2, 0.25) is 0 Å². The first kappa shape index (κ1) is 13.9. The standard InChI is InChI=1S/C11H19N7S/c1-3-12-9-14-10(13-4-2)16-11(15-9)18-17-8-5-6-19-7-8/h3-7H2,1-2H3,(H3,12,13,14,15,16,18). The van der Waals surface area contributed by atoms with Gasteiger partial charge in [-0.3, -0.25) is 0 Å². The predicted molar refractivity (Wildman–Crippen MR) is 81.2 cm³/mol. The Labute approximate surface area is 117 Å². The number of anilines is 3. The summed E-state index contributed by atoms with van der Waals surface area (Å²) < 4.78 is 0. The third kappa shape index (κ3) is 4.23. The molecule has 0 amide bonds. The molecule has 1 saturated heterocycles. The molecule has 3 N–H and O–H groups in total. The molecule has 0 aliphatic carbocycles. The van der Waals surface area contributed by atoms with Crippen LogP contribution in [0.1, 0.15) is 20.3 Å². The molecule has 1 aliphatic rings. The van der Waals surface area contributed by atoms with Crippen LogP contribution in [-0.4, -0.2) is 45.3 Å². The molecule has 0 spiro atoms. The van der Waals surface area contributed by atoms with Gasteiger partial charge in [0.1, 0.15) is 0 Å². The van der Waals surface area contributed by atoms with E-state index in [0.29, 0.717) is 17.8 Å². The molecule has 1 aromatic rings. The van der Waals surface area contributed by atoms with E-state index < -0.39 is 0 Å². The quantitative estimate of drug-likeness (QED) is 0.683. The summed E-state index contributed by atoms with van der Waals surface area (Å²) in [6.07, 6.45) is 1.03. The van der Waals surface area contributed by atoms with Crippen LogP contribution in [-0.2, 0) is 0 Å². The fraction of sp³-hybridized carbons (Fsp3) is 0.636. The first-order valence-corrected chi connectivity index (χ1v) is 7.60. The van der Waals surface area contributed by atoms with Gasteiger partial charge in [-0.1, -0.05) is 0 Å². The fourth-order valence-corrected chi connectivity index (χ4v) is 2.54. The van der Waals surface area contributed by atoms with Crippen molar-refractivity contribution < 1.29 is 0 Å². The maximum Gasteiger partial charge on any atom is 0.250 e. The number of thioether (sulfide) groups is 1. The van der Waals surface area contributed by atoms with Crippen molar-refractivity contribution >= 4 is 35.3 Å². The number of hydrogen-bond acceptors (Lipinski definition) is 8. The Morgan fingerprint density at radius 1 is 1.05 bits per heavy atom. The Bertz CT molecular complexity index is 416. The number of hydrazone groups is 1. The lowest BCUT2D eigenvalue weighted by Crippen LogP contribution is -2.11. The number of aromatic nitrogens is 3. The van der Waals surface area contributed by atoms with Crippen molar-refractivity contribution in [2.24, 2.45) is 5.10 Å². The molecule has 1 aromatic heterocycles. The van der Waals surface area contributed by atoms with Gasteiger partial charge in [0.2, 0.25) is 17.8 Å². The molecule has 7 nitrogen and oxygen atoms in total. The molecule has 0 atom stereocenters. The number of nitrogens with one attached hydrogen (secondary N) is 3. The number of nitrogens with zero attached hydrogens (tertiary/aromatic N) is 4. The van der Waals surface area contributed by atoms with E-state index in [1.807, 2.05) is 25.6 Å². The van der Waals surface area contributed by atoms with Crippen LogP contribution >= 0.6 is 11.8 Å². The lowest BCUT2D eigenvalue weighted by atomic mass is 10.3. The molecule has 2 heterocycles. The highest BCUT2D eigenvalue weighted by Crippen LogP contribution is 2.15. The molecule has 1 aliphatic heterocycles. The van der Waals surface area contributed by atoms with Crippen molar-refractivity contribution in [1.29, 1.82) is 0 Å². The molecule has 19 heavy (non-hydrogen) atoms. The maximum atomic E-state index is 4.33. The van der Waals surface area contributed by atoms with Crippen LogP contribution in [0.15, 0.2) is 5.10 Å². The normalized spacial score (nSPS) is 16.6. The van der Waals surface area contributed by atoms with Crippen molar-refractivity contribution in [2.75, 3.05) is 40.7 Å². The molecule has 0 aromatic carbocycles. The summed E-state index contributed by atoms with van der Waals surface area (Å²) >= 11 is 1.89. The zero-order chi connectivity index (χ0) is 13.5. The highest BCUT2D eigenvalue weighted by atomic mass is 32.2. The Hall–Kier alpha value is -1.57. The summed E-state index contributed by atoms with van der Waals surface area (Å²) in [6.45, 7) is 5.53. The minimum Gasteiger partial charge on any atom is -0.354 e. The molecule has 0 bridgehead atoms. The minimum absolute atomic E-state index is 0.464. The highest BCUT2D eigenvalue weighted by molar-refractivity contribution is 8.00. The molecule has 2 rings (SSSR count). The van der Waals surface area contributed by atoms with Crippen LogP contribution in [0.5, 0.6) is 0 Å².